The summed E-state index contributed by atoms with van der Waals surface area (Å²) in [6, 6.07) is 0.740. The van der Waals surface area contributed by atoms with Gasteiger partial charge in [0.2, 0.25) is 0 Å². The lowest BCUT2D eigenvalue weighted by Crippen LogP contribution is -2.34. The van der Waals surface area contributed by atoms with Gasteiger partial charge >= 0.3 is 0 Å². The first-order chi connectivity index (χ1) is 7.84. The van der Waals surface area contributed by atoms with Gasteiger partial charge in [0.15, 0.2) is 5.13 Å². The van der Waals surface area contributed by atoms with Gasteiger partial charge in [-0.2, -0.15) is 0 Å². The SMILES string of the molecule is Clc1csc(N2CCCC2C2CCCC2)n1. The van der Waals surface area contributed by atoms with E-state index in [0.717, 1.165) is 17.1 Å². The fraction of sp³-hybridized carbons (Fsp3) is 0.750. The highest BCUT2D eigenvalue weighted by Crippen LogP contribution is 2.38. The molecule has 1 aromatic rings. The summed E-state index contributed by atoms with van der Waals surface area (Å²) >= 11 is 7.61. The van der Waals surface area contributed by atoms with Gasteiger partial charge in [-0.15, -0.1) is 11.3 Å². The maximum atomic E-state index is 5.92. The lowest BCUT2D eigenvalue weighted by molar-refractivity contribution is 0.430. The Bertz CT molecular complexity index is 360. The molecule has 4 heteroatoms. The van der Waals surface area contributed by atoms with Crippen LogP contribution in [0.1, 0.15) is 38.5 Å². The van der Waals surface area contributed by atoms with Crippen molar-refractivity contribution in [3.63, 3.8) is 0 Å². The molecule has 0 radical (unpaired) electrons. The summed E-state index contributed by atoms with van der Waals surface area (Å²) in [5.41, 5.74) is 0. The highest BCUT2D eigenvalue weighted by molar-refractivity contribution is 7.14. The number of halogens is 1. The average Bonchev–Trinajstić information content (AvgIpc) is 2.96. The summed E-state index contributed by atoms with van der Waals surface area (Å²) in [5.74, 6) is 0.908. The Morgan fingerprint density at radius 3 is 2.75 bits per heavy atom. The summed E-state index contributed by atoms with van der Waals surface area (Å²) in [6.45, 7) is 1.17. The van der Waals surface area contributed by atoms with Gasteiger partial charge in [0.25, 0.3) is 0 Å². The summed E-state index contributed by atoms with van der Waals surface area (Å²) in [5, 5.41) is 3.73. The number of hydrogen-bond acceptors (Lipinski definition) is 3. The summed E-state index contributed by atoms with van der Waals surface area (Å²) in [6.07, 6.45) is 8.35. The van der Waals surface area contributed by atoms with E-state index in [1.54, 1.807) is 11.3 Å². The van der Waals surface area contributed by atoms with Crippen molar-refractivity contribution in [2.45, 2.75) is 44.6 Å². The molecule has 88 valence electrons. The smallest absolute Gasteiger partial charge is 0.187 e. The van der Waals surface area contributed by atoms with Gasteiger partial charge < -0.3 is 4.90 Å². The minimum atomic E-state index is 0.650. The molecule has 16 heavy (non-hydrogen) atoms. The van der Waals surface area contributed by atoms with Crippen LogP contribution in [0.25, 0.3) is 0 Å². The van der Waals surface area contributed by atoms with Gasteiger partial charge in [0.1, 0.15) is 5.15 Å². The molecule has 1 atom stereocenters. The van der Waals surface area contributed by atoms with E-state index < -0.39 is 0 Å². The zero-order valence-electron chi connectivity index (χ0n) is 9.36. The zero-order valence-corrected chi connectivity index (χ0v) is 10.9. The van der Waals surface area contributed by atoms with Gasteiger partial charge in [0, 0.05) is 18.0 Å². The van der Waals surface area contributed by atoms with E-state index in [1.165, 1.54) is 45.1 Å². The minimum Gasteiger partial charge on any atom is -0.345 e. The van der Waals surface area contributed by atoms with Crippen LogP contribution in [-0.2, 0) is 0 Å². The van der Waals surface area contributed by atoms with E-state index in [2.05, 4.69) is 9.88 Å². The fourth-order valence-electron chi connectivity index (χ4n) is 3.24. The van der Waals surface area contributed by atoms with Crippen molar-refractivity contribution in [1.82, 2.24) is 4.98 Å². The number of thiazole rings is 1. The predicted octanol–water partition coefficient (Wildman–Crippen LogP) is 3.96. The summed E-state index contributed by atoms with van der Waals surface area (Å²) in [7, 11) is 0. The van der Waals surface area contributed by atoms with Crippen LogP contribution in [0.2, 0.25) is 5.15 Å². The van der Waals surface area contributed by atoms with E-state index in [-0.39, 0.29) is 0 Å². The molecule has 0 N–H and O–H groups in total. The first kappa shape index (κ1) is 10.8. The third-order valence-electron chi connectivity index (χ3n) is 3.95. The predicted molar refractivity (Wildman–Crippen MR) is 69.5 cm³/mol. The van der Waals surface area contributed by atoms with E-state index in [4.69, 9.17) is 11.6 Å². The molecule has 1 unspecified atom stereocenters. The molecule has 1 aliphatic heterocycles. The highest BCUT2D eigenvalue weighted by Gasteiger charge is 2.34. The molecular weight excluding hydrogens is 240 g/mol. The van der Waals surface area contributed by atoms with E-state index in [1.807, 2.05) is 5.38 Å². The molecular formula is C12H17ClN2S. The maximum absolute atomic E-state index is 5.92. The monoisotopic (exact) mass is 256 g/mol. The molecule has 0 bridgehead atoms. The molecule has 1 aliphatic carbocycles. The third kappa shape index (κ3) is 1.95. The third-order valence-corrected chi connectivity index (χ3v) is 5.15. The molecule has 0 amide bonds. The number of anilines is 1. The van der Waals surface area contributed by atoms with Crippen LogP contribution < -0.4 is 4.90 Å². The topological polar surface area (TPSA) is 16.1 Å². The van der Waals surface area contributed by atoms with Crippen LogP contribution in [0, 0.1) is 5.92 Å². The van der Waals surface area contributed by atoms with Crippen molar-refractivity contribution < 1.29 is 0 Å². The highest BCUT2D eigenvalue weighted by atomic mass is 35.5. The Kier molecular flexibility index (Phi) is 3.07. The summed E-state index contributed by atoms with van der Waals surface area (Å²) < 4.78 is 0. The van der Waals surface area contributed by atoms with Crippen molar-refractivity contribution in [3.05, 3.63) is 10.5 Å². The molecule has 2 nitrogen and oxygen atoms in total. The Labute approximate surface area is 106 Å². The second-order valence-corrected chi connectivity index (χ2v) is 6.12. The molecule has 0 aromatic carbocycles. The maximum Gasteiger partial charge on any atom is 0.187 e. The normalized spacial score (nSPS) is 26.8. The van der Waals surface area contributed by atoms with E-state index >= 15 is 0 Å². The Balaban J connectivity index is 1.78. The quantitative estimate of drug-likeness (QED) is 0.796. The van der Waals surface area contributed by atoms with Gasteiger partial charge in [0.05, 0.1) is 0 Å². The fourth-order valence-corrected chi connectivity index (χ4v) is 4.27. The Morgan fingerprint density at radius 1 is 1.25 bits per heavy atom. The largest absolute Gasteiger partial charge is 0.345 e. The second-order valence-electron chi connectivity index (χ2n) is 4.90. The van der Waals surface area contributed by atoms with Gasteiger partial charge in [-0.3, -0.25) is 0 Å². The molecule has 2 fully saturated rings. The molecule has 1 saturated carbocycles. The van der Waals surface area contributed by atoms with Crippen LogP contribution in [-0.4, -0.2) is 17.6 Å². The molecule has 0 spiro atoms. The molecule has 1 saturated heterocycles. The molecule has 1 aromatic heterocycles. The van der Waals surface area contributed by atoms with Crippen molar-refractivity contribution in [2.75, 3.05) is 11.4 Å². The van der Waals surface area contributed by atoms with E-state index in [0.29, 0.717) is 5.15 Å². The van der Waals surface area contributed by atoms with Crippen LogP contribution in [0.3, 0.4) is 0 Å². The number of hydrogen-bond donors (Lipinski definition) is 0. The van der Waals surface area contributed by atoms with Gasteiger partial charge in [-0.1, -0.05) is 24.4 Å². The number of nitrogens with zero attached hydrogens (tertiary/aromatic N) is 2. The molecule has 3 rings (SSSR count). The lowest BCUT2D eigenvalue weighted by atomic mass is 9.96. The van der Waals surface area contributed by atoms with Crippen molar-refractivity contribution in [1.29, 1.82) is 0 Å². The summed E-state index contributed by atoms with van der Waals surface area (Å²) in [4.78, 5) is 6.93. The average molecular weight is 257 g/mol. The Hall–Kier alpha value is -0.280. The van der Waals surface area contributed by atoms with Crippen molar-refractivity contribution in [2.24, 2.45) is 5.92 Å². The lowest BCUT2D eigenvalue weighted by Gasteiger charge is -2.28. The standard InChI is InChI=1S/C12H17ClN2S/c13-11-8-16-12(14-11)15-7-3-6-10(15)9-4-1-2-5-9/h8-10H,1-7H2. The number of rotatable bonds is 2. The van der Waals surface area contributed by atoms with Crippen molar-refractivity contribution in [3.8, 4) is 0 Å². The van der Waals surface area contributed by atoms with Crippen LogP contribution in [0.15, 0.2) is 5.38 Å². The van der Waals surface area contributed by atoms with Crippen LogP contribution in [0.4, 0.5) is 5.13 Å². The zero-order chi connectivity index (χ0) is 11.0. The minimum absolute atomic E-state index is 0.650. The molecule has 2 aliphatic rings. The number of aromatic nitrogens is 1. The molecule has 2 heterocycles. The van der Waals surface area contributed by atoms with Gasteiger partial charge in [-0.05, 0) is 31.6 Å². The van der Waals surface area contributed by atoms with Crippen molar-refractivity contribution >= 4 is 28.1 Å². The van der Waals surface area contributed by atoms with Crippen LogP contribution >= 0.6 is 22.9 Å². The van der Waals surface area contributed by atoms with E-state index in [9.17, 15) is 0 Å². The second kappa shape index (κ2) is 4.53. The first-order valence-corrected chi connectivity index (χ1v) is 7.48. The van der Waals surface area contributed by atoms with Crippen LogP contribution in [0.5, 0.6) is 0 Å². The first-order valence-electron chi connectivity index (χ1n) is 6.22. The van der Waals surface area contributed by atoms with Gasteiger partial charge in [-0.25, -0.2) is 4.98 Å². The Morgan fingerprint density at radius 2 is 2.06 bits per heavy atom.